The van der Waals surface area contributed by atoms with Crippen molar-refractivity contribution in [3.8, 4) is 5.69 Å². The van der Waals surface area contributed by atoms with E-state index in [9.17, 15) is 4.79 Å². The van der Waals surface area contributed by atoms with Crippen molar-refractivity contribution in [1.82, 2.24) is 24.3 Å². The molecular formula is C21H21N5O2. The van der Waals surface area contributed by atoms with Crippen molar-refractivity contribution in [3.63, 3.8) is 0 Å². The Morgan fingerprint density at radius 1 is 1.04 bits per heavy atom. The second kappa shape index (κ2) is 7.09. The Hall–Kier alpha value is -3.19. The van der Waals surface area contributed by atoms with Crippen LogP contribution in [0, 0.1) is 0 Å². The molecule has 0 radical (unpaired) electrons. The number of carbonyl (C=O) groups excluding carboxylic acids is 1. The molecule has 3 aromatic heterocycles. The highest BCUT2D eigenvalue weighted by Gasteiger charge is 2.47. The summed E-state index contributed by atoms with van der Waals surface area (Å²) in [5.41, 5.74) is 3.12. The highest BCUT2D eigenvalue weighted by molar-refractivity contribution is 5.71. The summed E-state index contributed by atoms with van der Waals surface area (Å²) >= 11 is 0. The van der Waals surface area contributed by atoms with Crippen LogP contribution in [0.5, 0.6) is 0 Å². The first-order valence-corrected chi connectivity index (χ1v) is 9.44. The third kappa shape index (κ3) is 3.14. The van der Waals surface area contributed by atoms with E-state index < -0.39 is 0 Å². The third-order valence-electron chi connectivity index (χ3n) is 5.40. The molecule has 28 heavy (non-hydrogen) atoms. The van der Waals surface area contributed by atoms with Gasteiger partial charge >= 0.3 is 6.09 Å². The van der Waals surface area contributed by atoms with Crippen LogP contribution in [-0.2, 0) is 17.8 Å². The molecule has 0 aromatic carbocycles. The number of fused-ring (bicyclic) bond motifs is 1. The van der Waals surface area contributed by atoms with Crippen LogP contribution in [0.3, 0.4) is 0 Å². The Balaban J connectivity index is 1.29. The van der Waals surface area contributed by atoms with Crippen LogP contribution in [-0.4, -0.2) is 55.7 Å². The summed E-state index contributed by atoms with van der Waals surface area (Å²) in [5.74, 6) is 0. The zero-order chi connectivity index (χ0) is 18.9. The number of hydrogen-bond donors (Lipinski definition) is 0. The van der Waals surface area contributed by atoms with Crippen LogP contribution in [0.4, 0.5) is 4.79 Å². The molecule has 2 saturated heterocycles. The van der Waals surface area contributed by atoms with Crippen molar-refractivity contribution in [1.29, 1.82) is 0 Å². The Morgan fingerprint density at radius 2 is 2.00 bits per heavy atom. The van der Waals surface area contributed by atoms with E-state index in [1.807, 2.05) is 47.5 Å². The third-order valence-corrected chi connectivity index (χ3v) is 5.40. The fourth-order valence-electron chi connectivity index (χ4n) is 4.08. The highest BCUT2D eigenvalue weighted by atomic mass is 16.6. The second-order valence-corrected chi connectivity index (χ2v) is 7.21. The lowest BCUT2D eigenvalue weighted by Gasteiger charge is -2.22. The SMILES string of the molecule is O=C1O[C@@H]2CN(Cc3cccn3-c3cccnc3)C[C@@H]2N1Cc1ccccn1. The number of aromatic nitrogens is 3. The molecule has 2 atom stereocenters. The van der Waals surface area contributed by atoms with Gasteiger partial charge in [0.25, 0.3) is 0 Å². The largest absolute Gasteiger partial charge is 0.442 e. The normalized spacial score (nSPS) is 21.7. The van der Waals surface area contributed by atoms with Gasteiger partial charge in [0, 0.05) is 43.9 Å². The lowest BCUT2D eigenvalue weighted by atomic mass is 10.2. The van der Waals surface area contributed by atoms with Crippen LogP contribution in [0.2, 0.25) is 0 Å². The quantitative estimate of drug-likeness (QED) is 0.686. The standard InChI is InChI=1S/C21H21N5O2/c27-21-26(12-16-5-1-2-9-23-16)19-14-24(15-20(19)28-21)13-18-7-4-10-25(18)17-6-3-8-22-11-17/h1-11,19-20H,12-15H2/t19-,20+/m0/s1. The van der Waals surface area contributed by atoms with E-state index in [4.69, 9.17) is 4.74 Å². The lowest BCUT2D eigenvalue weighted by molar-refractivity contribution is 0.119. The lowest BCUT2D eigenvalue weighted by Crippen LogP contribution is -2.37. The average Bonchev–Trinajstić information content (AvgIpc) is 3.41. The average molecular weight is 375 g/mol. The van der Waals surface area contributed by atoms with Crippen LogP contribution in [0.25, 0.3) is 5.69 Å². The fraction of sp³-hybridized carbons (Fsp3) is 0.286. The molecule has 0 bridgehead atoms. The van der Waals surface area contributed by atoms with Crippen molar-refractivity contribution < 1.29 is 9.53 Å². The molecule has 0 aliphatic carbocycles. The molecule has 1 amide bonds. The summed E-state index contributed by atoms with van der Waals surface area (Å²) in [6.07, 6.45) is 7.12. The predicted octanol–water partition coefficient (Wildman–Crippen LogP) is 2.47. The van der Waals surface area contributed by atoms with E-state index in [0.29, 0.717) is 6.54 Å². The zero-order valence-corrected chi connectivity index (χ0v) is 15.4. The molecule has 0 unspecified atom stereocenters. The summed E-state index contributed by atoms with van der Waals surface area (Å²) in [4.78, 5) is 25.0. The molecule has 0 saturated carbocycles. The zero-order valence-electron chi connectivity index (χ0n) is 15.4. The minimum atomic E-state index is -0.237. The summed E-state index contributed by atoms with van der Waals surface area (Å²) < 4.78 is 7.79. The summed E-state index contributed by atoms with van der Waals surface area (Å²) in [5, 5.41) is 0. The van der Waals surface area contributed by atoms with Gasteiger partial charge in [0.15, 0.2) is 0 Å². The number of rotatable bonds is 5. The number of likely N-dealkylation sites (tertiary alicyclic amines) is 1. The maximum absolute atomic E-state index is 12.3. The van der Waals surface area contributed by atoms with Crippen molar-refractivity contribution in [2.45, 2.75) is 25.2 Å². The molecule has 2 aliphatic rings. The number of pyridine rings is 2. The first kappa shape index (κ1) is 16.9. The van der Waals surface area contributed by atoms with E-state index in [1.165, 1.54) is 5.69 Å². The van der Waals surface area contributed by atoms with Crippen molar-refractivity contribution in [2.24, 2.45) is 0 Å². The molecule has 5 rings (SSSR count). The molecule has 0 spiro atoms. The van der Waals surface area contributed by atoms with Gasteiger partial charge in [-0.15, -0.1) is 0 Å². The highest BCUT2D eigenvalue weighted by Crippen LogP contribution is 2.29. The Morgan fingerprint density at radius 3 is 2.82 bits per heavy atom. The molecule has 5 heterocycles. The van der Waals surface area contributed by atoms with Crippen molar-refractivity contribution in [3.05, 3.63) is 78.6 Å². The monoisotopic (exact) mass is 375 g/mol. The van der Waals surface area contributed by atoms with Crippen LogP contribution >= 0.6 is 0 Å². The first-order chi connectivity index (χ1) is 13.8. The van der Waals surface area contributed by atoms with Crippen LogP contribution < -0.4 is 0 Å². The van der Waals surface area contributed by atoms with E-state index in [0.717, 1.165) is 31.0 Å². The van der Waals surface area contributed by atoms with Gasteiger partial charge in [-0.2, -0.15) is 0 Å². The Labute approximate surface area is 163 Å². The van der Waals surface area contributed by atoms with E-state index >= 15 is 0 Å². The molecular weight excluding hydrogens is 354 g/mol. The van der Waals surface area contributed by atoms with Gasteiger partial charge in [-0.05, 0) is 36.4 Å². The predicted molar refractivity (Wildman–Crippen MR) is 103 cm³/mol. The van der Waals surface area contributed by atoms with Gasteiger partial charge in [0.1, 0.15) is 6.10 Å². The van der Waals surface area contributed by atoms with Gasteiger partial charge in [-0.3, -0.25) is 19.8 Å². The minimum absolute atomic E-state index is 0.0660. The second-order valence-electron chi connectivity index (χ2n) is 7.21. The van der Waals surface area contributed by atoms with Gasteiger partial charge in [-0.1, -0.05) is 6.07 Å². The van der Waals surface area contributed by atoms with E-state index in [1.54, 1.807) is 12.4 Å². The summed E-state index contributed by atoms with van der Waals surface area (Å²) in [7, 11) is 0. The van der Waals surface area contributed by atoms with E-state index in [2.05, 4.69) is 31.7 Å². The minimum Gasteiger partial charge on any atom is -0.442 e. The van der Waals surface area contributed by atoms with Gasteiger partial charge < -0.3 is 9.30 Å². The summed E-state index contributed by atoms with van der Waals surface area (Å²) in [6, 6.07) is 14.0. The summed E-state index contributed by atoms with van der Waals surface area (Å²) in [6.45, 7) is 2.82. The van der Waals surface area contributed by atoms with Crippen LogP contribution in [0.15, 0.2) is 67.3 Å². The number of ether oxygens (including phenoxy) is 1. The van der Waals surface area contributed by atoms with Crippen LogP contribution in [0.1, 0.15) is 11.4 Å². The number of amides is 1. The number of hydrogen-bond acceptors (Lipinski definition) is 5. The first-order valence-electron chi connectivity index (χ1n) is 9.44. The smallest absolute Gasteiger partial charge is 0.410 e. The van der Waals surface area contributed by atoms with Crippen molar-refractivity contribution >= 4 is 6.09 Å². The molecule has 2 fully saturated rings. The molecule has 7 nitrogen and oxygen atoms in total. The van der Waals surface area contributed by atoms with Gasteiger partial charge in [0.2, 0.25) is 0 Å². The molecule has 2 aliphatic heterocycles. The van der Waals surface area contributed by atoms with Crippen molar-refractivity contribution in [2.75, 3.05) is 13.1 Å². The maximum atomic E-state index is 12.3. The van der Waals surface area contributed by atoms with Gasteiger partial charge in [0.05, 0.1) is 30.2 Å². The molecule has 0 N–H and O–H groups in total. The topological polar surface area (TPSA) is 63.5 Å². The Kier molecular flexibility index (Phi) is 4.29. The molecule has 7 heteroatoms. The maximum Gasteiger partial charge on any atom is 0.410 e. The molecule has 3 aromatic rings. The number of nitrogens with zero attached hydrogens (tertiary/aromatic N) is 5. The van der Waals surface area contributed by atoms with Gasteiger partial charge in [-0.25, -0.2) is 4.79 Å². The Bertz CT molecular complexity index is 959. The fourth-order valence-corrected chi connectivity index (χ4v) is 4.08. The molecule has 142 valence electrons. The van der Waals surface area contributed by atoms with E-state index in [-0.39, 0.29) is 18.2 Å². The number of carbonyl (C=O) groups is 1.